The number of rotatable bonds is 3. The average Bonchev–Trinajstić information content (AvgIpc) is 2.85. The predicted octanol–water partition coefficient (Wildman–Crippen LogP) is 4.45. The van der Waals surface area contributed by atoms with Gasteiger partial charge < -0.3 is 4.74 Å². The first-order valence-electron chi connectivity index (χ1n) is 8.74. The minimum absolute atomic E-state index is 0.545. The highest BCUT2D eigenvalue weighted by Crippen LogP contribution is 2.59. The van der Waals surface area contributed by atoms with E-state index in [9.17, 15) is 0 Å². The second kappa shape index (κ2) is 6.72. The smallest absolute Gasteiger partial charge is 0.0594 e. The molecule has 1 heterocycles. The van der Waals surface area contributed by atoms with Crippen LogP contribution < -0.4 is 0 Å². The molecule has 0 radical (unpaired) electrons. The monoisotopic (exact) mass is 355 g/mol. The van der Waals surface area contributed by atoms with Crippen molar-refractivity contribution in [3.8, 4) is 0 Å². The maximum Gasteiger partial charge on any atom is 0.0594 e. The number of ether oxygens (including phenoxy) is 1. The molecule has 0 aromatic rings. The normalized spacial score (nSPS) is 41.2. The molecule has 2 nitrogen and oxygen atoms in total. The van der Waals surface area contributed by atoms with Crippen molar-refractivity contribution < 1.29 is 4.74 Å². The molecule has 1 saturated heterocycles. The summed E-state index contributed by atoms with van der Waals surface area (Å²) in [6, 6.07) is 0. The summed E-state index contributed by atoms with van der Waals surface area (Å²) in [5.74, 6) is 2.55. The third-order valence-corrected chi connectivity index (χ3v) is 7.10. The summed E-state index contributed by atoms with van der Waals surface area (Å²) >= 11 is 3.62. The number of morpholine rings is 1. The van der Waals surface area contributed by atoms with Crippen LogP contribution in [0.25, 0.3) is 0 Å². The molecule has 1 aliphatic heterocycles. The van der Waals surface area contributed by atoms with Gasteiger partial charge >= 0.3 is 0 Å². The van der Waals surface area contributed by atoms with E-state index < -0.39 is 0 Å². The maximum absolute atomic E-state index is 5.49. The zero-order valence-corrected chi connectivity index (χ0v) is 15.2. The minimum Gasteiger partial charge on any atom is -0.379 e. The average molecular weight is 356 g/mol. The molecular formula is C18H30BrNO. The highest BCUT2D eigenvalue weighted by Gasteiger charge is 2.50. The molecule has 0 bridgehead atoms. The van der Waals surface area contributed by atoms with Gasteiger partial charge in [-0.15, -0.1) is 0 Å². The SMILES string of the molecule is C[C@H](CN1CCOCC1)[C@H]1CC[C@H]2/C(=C/Br)CCC[C@]12C. The Balaban J connectivity index is 1.67. The topological polar surface area (TPSA) is 12.5 Å². The molecule has 3 heteroatoms. The van der Waals surface area contributed by atoms with Gasteiger partial charge in [-0.2, -0.15) is 0 Å². The minimum atomic E-state index is 0.545. The summed E-state index contributed by atoms with van der Waals surface area (Å²) in [7, 11) is 0. The second-order valence-electron chi connectivity index (χ2n) is 7.67. The summed E-state index contributed by atoms with van der Waals surface area (Å²) in [4.78, 5) is 4.86. The molecule has 2 aliphatic carbocycles. The van der Waals surface area contributed by atoms with Crippen molar-refractivity contribution in [2.24, 2.45) is 23.2 Å². The fraction of sp³-hybridized carbons (Fsp3) is 0.889. The van der Waals surface area contributed by atoms with E-state index in [1.165, 1.54) is 38.6 Å². The van der Waals surface area contributed by atoms with Crippen molar-refractivity contribution in [2.45, 2.75) is 46.0 Å². The summed E-state index contributed by atoms with van der Waals surface area (Å²) in [5.41, 5.74) is 2.23. The van der Waals surface area contributed by atoms with Crippen molar-refractivity contribution in [1.29, 1.82) is 0 Å². The lowest BCUT2D eigenvalue weighted by atomic mass is 9.61. The number of hydrogen-bond donors (Lipinski definition) is 0. The van der Waals surface area contributed by atoms with Crippen LogP contribution in [-0.4, -0.2) is 37.7 Å². The van der Waals surface area contributed by atoms with E-state index in [1.807, 2.05) is 0 Å². The Morgan fingerprint density at radius 1 is 1.38 bits per heavy atom. The van der Waals surface area contributed by atoms with E-state index in [0.717, 1.165) is 44.1 Å². The van der Waals surface area contributed by atoms with E-state index in [-0.39, 0.29) is 0 Å². The van der Waals surface area contributed by atoms with Crippen molar-refractivity contribution in [3.63, 3.8) is 0 Å². The van der Waals surface area contributed by atoms with Crippen LogP contribution >= 0.6 is 15.9 Å². The van der Waals surface area contributed by atoms with Crippen molar-refractivity contribution in [2.75, 3.05) is 32.8 Å². The standard InChI is InChI=1S/C18H30BrNO/c1-14(13-20-8-10-21-11-9-20)16-5-6-17-15(12-19)4-3-7-18(16,17)2/h12,14,16-17H,3-11,13H2,1-2H3/b15-12+/t14-,16-,17+,18-/m1/s1. The Bertz CT molecular complexity index is 391. The molecule has 2 saturated carbocycles. The lowest BCUT2D eigenvalue weighted by Gasteiger charge is -2.45. The first-order valence-corrected chi connectivity index (χ1v) is 9.66. The highest BCUT2D eigenvalue weighted by atomic mass is 79.9. The van der Waals surface area contributed by atoms with Gasteiger partial charge in [0.15, 0.2) is 0 Å². The van der Waals surface area contributed by atoms with Gasteiger partial charge in [0.1, 0.15) is 0 Å². The number of halogens is 1. The number of nitrogens with zero attached hydrogens (tertiary/aromatic N) is 1. The van der Waals surface area contributed by atoms with E-state index >= 15 is 0 Å². The van der Waals surface area contributed by atoms with Crippen LogP contribution in [0.3, 0.4) is 0 Å². The largest absolute Gasteiger partial charge is 0.379 e. The fourth-order valence-corrected chi connectivity index (χ4v) is 6.01. The van der Waals surface area contributed by atoms with Crippen LogP contribution in [0.2, 0.25) is 0 Å². The van der Waals surface area contributed by atoms with E-state index in [4.69, 9.17) is 4.74 Å². The summed E-state index contributed by atoms with van der Waals surface area (Å²) < 4.78 is 5.49. The van der Waals surface area contributed by atoms with E-state index in [2.05, 4.69) is 39.7 Å². The zero-order chi connectivity index (χ0) is 14.9. The zero-order valence-electron chi connectivity index (χ0n) is 13.6. The van der Waals surface area contributed by atoms with Gasteiger partial charge in [-0.05, 0) is 60.3 Å². The van der Waals surface area contributed by atoms with Crippen molar-refractivity contribution >= 4 is 15.9 Å². The lowest BCUT2D eigenvalue weighted by Crippen LogP contribution is -2.43. The van der Waals surface area contributed by atoms with E-state index in [0.29, 0.717) is 5.41 Å². The molecule has 0 aromatic heterocycles. The number of allylic oxidation sites excluding steroid dienone is 1. The summed E-state index contributed by atoms with van der Waals surface area (Å²) in [6.45, 7) is 10.5. The molecule has 3 fully saturated rings. The van der Waals surface area contributed by atoms with Gasteiger partial charge in [0.05, 0.1) is 13.2 Å². The maximum atomic E-state index is 5.49. The molecule has 0 spiro atoms. The summed E-state index contributed by atoms with van der Waals surface area (Å²) in [6.07, 6.45) is 6.96. The molecule has 3 aliphatic rings. The van der Waals surface area contributed by atoms with Crippen LogP contribution in [0.5, 0.6) is 0 Å². The Hall–Kier alpha value is 0.140. The van der Waals surface area contributed by atoms with Gasteiger partial charge in [0, 0.05) is 19.6 Å². The molecule has 0 aromatic carbocycles. The Morgan fingerprint density at radius 2 is 2.14 bits per heavy atom. The number of hydrogen-bond acceptors (Lipinski definition) is 2. The number of fused-ring (bicyclic) bond motifs is 1. The van der Waals surface area contributed by atoms with Crippen LogP contribution in [0, 0.1) is 23.2 Å². The molecule has 120 valence electrons. The Labute approximate surface area is 138 Å². The molecule has 0 N–H and O–H groups in total. The van der Waals surface area contributed by atoms with Gasteiger partial charge in [-0.3, -0.25) is 4.90 Å². The first kappa shape index (κ1) is 16.0. The third kappa shape index (κ3) is 3.11. The first-order chi connectivity index (χ1) is 10.1. The van der Waals surface area contributed by atoms with Crippen LogP contribution in [0.4, 0.5) is 0 Å². The van der Waals surface area contributed by atoms with Crippen LogP contribution in [0.1, 0.15) is 46.0 Å². The van der Waals surface area contributed by atoms with Gasteiger partial charge in [0.25, 0.3) is 0 Å². The molecular weight excluding hydrogens is 326 g/mol. The Morgan fingerprint density at radius 3 is 2.86 bits per heavy atom. The summed E-state index contributed by atoms with van der Waals surface area (Å²) in [5, 5.41) is 0. The quantitative estimate of drug-likeness (QED) is 0.741. The molecule has 3 rings (SSSR count). The lowest BCUT2D eigenvalue weighted by molar-refractivity contribution is 0.0155. The van der Waals surface area contributed by atoms with E-state index in [1.54, 1.807) is 5.57 Å². The molecule has 0 amide bonds. The van der Waals surface area contributed by atoms with Crippen molar-refractivity contribution in [1.82, 2.24) is 4.90 Å². The molecule has 4 atom stereocenters. The van der Waals surface area contributed by atoms with Crippen LogP contribution in [-0.2, 0) is 4.74 Å². The van der Waals surface area contributed by atoms with Crippen LogP contribution in [0.15, 0.2) is 10.6 Å². The van der Waals surface area contributed by atoms with Crippen molar-refractivity contribution in [3.05, 3.63) is 10.6 Å². The van der Waals surface area contributed by atoms with Gasteiger partial charge in [-0.25, -0.2) is 0 Å². The highest BCUT2D eigenvalue weighted by molar-refractivity contribution is 9.11. The molecule has 21 heavy (non-hydrogen) atoms. The second-order valence-corrected chi connectivity index (χ2v) is 8.13. The predicted molar refractivity (Wildman–Crippen MR) is 91.6 cm³/mol. The van der Waals surface area contributed by atoms with Gasteiger partial charge in [0.2, 0.25) is 0 Å². The Kier molecular flexibility index (Phi) is 5.12. The fourth-order valence-electron chi connectivity index (χ4n) is 5.46. The molecule has 0 unspecified atom stereocenters. The third-order valence-electron chi connectivity index (χ3n) is 6.51. The van der Waals surface area contributed by atoms with Gasteiger partial charge in [-0.1, -0.05) is 35.4 Å².